The van der Waals surface area contributed by atoms with Crippen molar-refractivity contribution in [2.24, 2.45) is 0 Å². The molecule has 0 saturated heterocycles. The summed E-state index contributed by atoms with van der Waals surface area (Å²) in [6.07, 6.45) is 2.80. The van der Waals surface area contributed by atoms with Gasteiger partial charge in [-0.1, -0.05) is 23.2 Å². The highest BCUT2D eigenvalue weighted by Crippen LogP contribution is 2.30. The fourth-order valence-corrected chi connectivity index (χ4v) is 3.18. The lowest BCUT2D eigenvalue weighted by atomic mass is 10.0. The van der Waals surface area contributed by atoms with Gasteiger partial charge in [0.05, 0.1) is 6.61 Å². The van der Waals surface area contributed by atoms with E-state index in [1.165, 1.54) is 22.2 Å². The number of hydrogen-bond donors (Lipinski definition) is 0. The van der Waals surface area contributed by atoms with Gasteiger partial charge < -0.3 is 9.64 Å². The van der Waals surface area contributed by atoms with Gasteiger partial charge in [0.1, 0.15) is 18.7 Å². The topological polar surface area (TPSA) is 77.3 Å². The van der Waals surface area contributed by atoms with Gasteiger partial charge >= 0.3 is 5.97 Å². The Bertz CT molecular complexity index is 747. The molecule has 2 aromatic rings. The minimum absolute atomic E-state index is 0.188. The molecule has 0 spiro atoms. The Balaban J connectivity index is 2.44. The van der Waals surface area contributed by atoms with Crippen LogP contribution in [-0.2, 0) is 14.3 Å². The maximum atomic E-state index is 13.0. The molecule has 140 valence electrons. The second-order valence-corrected chi connectivity index (χ2v) is 6.41. The van der Waals surface area contributed by atoms with Crippen molar-refractivity contribution in [1.29, 1.82) is 0 Å². The molecule has 2 rings (SSSR count). The number of likely N-dealkylation sites (N-methyl/N-ethyl adjacent to an activating group) is 1. The van der Waals surface area contributed by atoms with Crippen LogP contribution in [0.5, 0.6) is 0 Å². The van der Waals surface area contributed by atoms with Gasteiger partial charge in [-0.15, -0.1) is 0 Å². The van der Waals surface area contributed by atoms with E-state index in [4.69, 9.17) is 27.9 Å². The molecular weight excluding hydrogens is 379 g/mol. The van der Waals surface area contributed by atoms with Crippen LogP contribution >= 0.6 is 23.2 Å². The molecule has 2 atom stereocenters. The van der Waals surface area contributed by atoms with Crippen LogP contribution in [0.2, 0.25) is 10.0 Å². The van der Waals surface area contributed by atoms with Gasteiger partial charge in [-0.25, -0.2) is 14.5 Å². The van der Waals surface area contributed by atoms with Gasteiger partial charge in [0, 0.05) is 16.6 Å². The minimum Gasteiger partial charge on any atom is -0.464 e. The van der Waals surface area contributed by atoms with Gasteiger partial charge in [0.15, 0.2) is 6.04 Å². The SMILES string of the molecule is CCOC(=O)[C@H](c1cc(Cl)cc(Cl)c1)N(CC)C(=O)[C@@H](C)n1cncn1. The first-order valence-electron chi connectivity index (χ1n) is 8.16. The zero-order valence-corrected chi connectivity index (χ0v) is 16.2. The fraction of sp³-hybridized carbons (Fsp3) is 0.412. The van der Waals surface area contributed by atoms with Crippen LogP contribution in [-0.4, -0.2) is 44.7 Å². The molecule has 0 bridgehead atoms. The molecule has 7 nitrogen and oxygen atoms in total. The third-order valence-corrected chi connectivity index (χ3v) is 4.27. The Kier molecular flexibility index (Phi) is 6.99. The van der Waals surface area contributed by atoms with Crippen molar-refractivity contribution in [2.45, 2.75) is 32.9 Å². The first kappa shape index (κ1) is 20.2. The summed E-state index contributed by atoms with van der Waals surface area (Å²) in [5, 5.41) is 4.74. The molecular formula is C17H20Cl2N4O3. The monoisotopic (exact) mass is 398 g/mol. The first-order chi connectivity index (χ1) is 12.4. The van der Waals surface area contributed by atoms with Crippen LogP contribution < -0.4 is 0 Å². The number of aromatic nitrogens is 3. The van der Waals surface area contributed by atoms with Gasteiger partial charge in [0.2, 0.25) is 5.91 Å². The summed E-state index contributed by atoms with van der Waals surface area (Å²) in [4.78, 5) is 31.0. The van der Waals surface area contributed by atoms with Gasteiger partial charge in [-0.2, -0.15) is 5.10 Å². The Morgan fingerprint density at radius 1 is 1.23 bits per heavy atom. The Labute approximate surface area is 161 Å². The van der Waals surface area contributed by atoms with E-state index in [0.29, 0.717) is 15.6 Å². The number of benzene rings is 1. The molecule has 0 radical (unpaired) electrons. The van der Waals surface area contributed by atoms with Crippen molar-refractivity contribution in [1.82, 2.24) is 19.7 Å². The van der Waals surface area contributed by atoms with Crippen LogP contribution in [0.4, 0.5) is 0 Å². The number of nitrogens with zero attached hydrogens (tertiary/aromatic N) is 4. The number of rotatable bonds is 7. The van der Waals surface area contributed by atoms with Crippen molar-refractivity contribution in [3.63, 3.8) is 0 Å². The molecule has 0 aliphatic heterocycles. The summed E-state index contributed by atoms with van der Waals surface area (Å²) in [6.45, 7) is 5.65. The molecule has 9 heteroatoms. The van der Waals surface area contributed by atoms with Crippen LogP contribution in [0.3, 0.4) is 0 Å². The van der Waals surface area contributed by atoms with Crippen molar-refractivity contribution < 1.29 is 14.3 Å². The number of halogens is 2. The molecule has 0 fully saturated rings. The van der Waals surface area contributed by atoms with Crippen LogP contribution in [0.25, 0.3) is 0 Å². The van der Waals surface area contributed by atoms with Crippen molar-refractivity contribution in [3.8, 4) is 0 Å². The van der Waals surface area contributed by atoms with Gasteiger partial charge in [-0.3, -0.25) is 4.79 Å². The van der Waals surface area contributed by atoms with E-state index in [1.54, 1.807) is 39.0 Å². The zero-order valence-electron chi connectivity index (χ0n) is 14.7. The first-order valence-corrected chi connectivity index (χ1v) is 8.91. The molecule has 0 N–H and O–H groups in total. The van der Waals surface area contributed by atoms with E-state index in [2.05, 4.69) is 10.1 Å². The highest BCUT2D eigenvalue weighted by atomic mass is 35.5. The van der Waals surface area contributed by atoms with Crippen LogP contribution in [0.15, 0.2) is 30.9 Å². The summed E-state index contributed by atoms with van der Waals surface area (Å²) in [6, 6.07) is 3.17. The summed E-state index contributed by atoms with van der Waals surface area (Å²) in [5.74, 6) is -0.848. The van der Waals surface area contributed by atoms with Crippen LogP contribution in [0, 0.1) is 0 Å². The Morgan fingerprint density at radius 3 is 2.38 bits per heavy atom. The van der Waals surface area contributed by atoms with Crippen molar-refractivity contribution in [3.05, 3.63) is 46.5 Å². The summed E-state index contributed by atoms with van der Waals surface area (Å²) in [7, 11) is 0. The third-order valence-electron chi connectivity index (χ3n) is 3.84. The second kappa shape index (κ2) is 9.00. The highest BCUT2D eigenvalue weighted by Gasteiger charge is 2.34. The number of amides is 1. The number of esters is 1. The summed E-state index contributed by atoms with van der Waals surface area (Å²) in [5.41, 5.74) is 0.488. The van der Waals surface area contributed by atoms with E-state index < -0.39 is 18.1 Å². The zero-order chi connectivity index (χ0) is 19.3. The largest absolute Gasteiger partial charge is 0.464 e. The maximum Gasteiger partial charge on any atom is 0.333 e. The average molecular weight is 399 g/mol. The molecule has 1 heterocycles. The molecule has 1 aromatic carbocycles. The van der Waals surface area contributed by atoms with Gasteiger partial charge in [0.25, 0.3) is 0 Å². The normalized spacial score (nSPS) is 13.1. The van der Waals surface area contributed by atoms with Crippen molar-refractivity contribution in [2.75, 3.05) is 13.2 Å². The number of ether oxygens (including phenoxy) is 1. The van der Waals surface area contributed by atoms with E-state index in [0.717, 1.165) is 0 Å². The lowest BCUT2D eigenvalue weighted by molar-refractivity contribution is -0.156. The minimum atomic E-state index is -0.963. The molecule has 0 saturated carbocycles. The van der Waals surface area contributed by atoms with E-state index in [9.17, 15) is 9.59 Å². The van der Waals surface area contributed by atoms with Crippen LogP contribution in [0.1, 0.15) is 38.4 Å². The van der Waals surface area contributed by atoms with Crippen molar-refractivity contribution >= 4 is 35.1 Å². The fourth-order valence-electron chi connectivity index (χ4n) is 2.63. The summed E-state index contributed by atoms with van der Waals surface area (Å²) < 4.78 is 6.62. The summed E-state index contributed by atoms with van der Waals surface area (Å²) >= 11 is 12.2. The standard InChI is InChI=1S/C17H20Cl2N4O3/c1-4-22(16(24)11(3)23-10-20-9-21-23)15(17(25)26-5-2)12-6-13(18)8-14(19)7-12/h6-11,15H,4-5H2,1-3H3/t11-,15+/m1/s1. The number of hydrogen-bond acceptors (Lipinski definition) is 5. The second-order valence-electron chi connectivity index (χ2n) is 5.53. The highest BCUT2D eigenvalue weighted by molar-refractivity contribution is 6.34. The third kappa shape index (κ3) is 4.53. The lowest BCUT2D eigenvalue weighted by Gasteiger charge is -2.31. The quantitative estimate of drug-likeness (QED) is 0.668. The molecule has 0 aliphatic carbocycles. The maximum absolute atomic E-state index is 13.0. The van der Waals surface area contributed by atoms with E-state index >= 15 is 0 Å². The van der Waals surface area contributed by atoms with Gasteiger partial charge in [-0.05, 0) is 44.5 Å². The molecule has 1 aromatic heterocycles. The molecule has 26 heavy (non-hydrogen) atoms. The lowest BCUT2D eigenvalue weighted by Crippen LogP contribution is -2.43. The van der Waals surface area contributed by atoms with E-state index in [1.807, 2.05) is 0 Å². The molecule has 0 unspecified atom stereocenters. The van der Waals surface area contributed by atoms with E-state index in [-0.39, 0.29) is 19.1 Å². The predicted molar refractivity (Wildman–Crippen MR) is 98.0 cm³/mol. The smallest absolute Gasteiger partial charge is 0.333 e. The molecule has 1 amide bonds. The number of carbonyl (C=O) groups excluding carboxylic acids is 2. The number of carbonyl (C=O) groups is 2. The average Bonchev–Trinajstić information content (AvgIpc) is 3.12. The Hall–Kier alpha value is -2.12. The predicted octanol–water partition coefficient (Wildman–Crippen LogP) is 3.30. The Morgan fingerprint density at radius 2 is 1.88 bits per heavy atom. The molecule has 0 aliphatic rings.